The van der Waals surface area contributed by atoms with E-state index in [9.17, 15) is 4.39 Å². The highest BCUT2D eigenvalue weighted by atomic mass is 79.9. The Morgan fingerprint density at radius 3 is 2.19 bits per heavy atom. The summed E-state index contributed by atoms with van der Waals surface area (Å²) in [6, 6.07) is 10.3. The van der Waals surface area contributed by atoms with E-state index < -0.39 is 0 Å². The summed E-state index contributed by atoms with van der Waals surface area (Å²) in [5, 5.41) is 3.25. The Bertz CT molecular complexity index is 611. The zero-order valence-electron chi connectivity index (χ0n) is 12.1. The van der Waals surface area contributed by atoms with Gasteiger partial charge in [-0.05, 0) is 19.1 Å². The topological polar surface area (TPSA) is 30.5 Å². The quantitative estimate of drug-likeness (QED) is 0.838. The number of hydrogen-bond donors (Lipinski definition) is 1. The van der Waals surface area contributed by atoms with Gasteiger partial charge in [-0.25, -0.2) is 4.39 Å². The summed E-state index contributed by atoms with van der Waals surface area (Å²) in [4.78, 5) is 0. The van der Waals surface area contributed by atoms with Crippen LogP contribution in [0.4, 0.5) is 10.1 Å². The number of halogens is 2. The molecule has 0 heterocycles. The van der Waals surface area contributed by atoms with Crippen molar-refractivity contribution in [3.63, 3.8) is 0 Å². The van der Waals surface area contributed by atoms with E-state index in [0.29, 0.717) is 17.1 Å². The lowest BCUT2D eigenvalue weighted by atomic mass is 10.1. The third-order valence-corrected chi connectivity index (χ3v) is 3.66. The predicted molar refractivity (Wildman–Crippen MR) is 85.7 cm³/mol. The van der Waals surface area contributed by atoms with Crippen molar-refractivity contribution in [2.75, 3.05) is 19.5 Å². The van der Waals surface area contributed by atoms with Gasteiger partial charge in [0.15, 0.2) is 0 Å². The fourth-order valence-electron chi connectivity index (χ4n) is 2.07. The van der Waals surface area contributed by atoms with Crippen molar-refractivity contribution in [1.29, 1.82) is 0 Å². The molecular weight excluding hydrogens is 337 g/mol. The van der Waals surface area contributed by atoms with E-state index in [1.807, 2.05) is 25.1 Å². The van der Waals surface area contributed by atoms with Crippen LogP contribution in [0.1, 0.15) is 18.5 Å². The fraction of sp³-hybridized carbons (Fsp3) is 0.250. The minimum Gasteiger partial charge on any atom is -0.497 e. The Hall–Kier alpha value is -1.75. The highest BCUT2D eigenvalue weighted by molar-refractivity contribution is 9.10. The number of rotatable bonds is 5. The first kappa shape index (κ1) is 15.6. The molecule has 0 amide bonds. The molecule has 0 aliphatic carbocycles. The van der Waals surface area contributed by atoms with E-state index in [1.165, 1.54) is 6.07 Å². The summed E-state index contributed by atoms with van der Waals surface area (Å²) in [6.07, 6.45) is 0. The van der Waals surface area contributed by atoms with Crippen LogP contribution in [0.5, 0.6) is 11.5 Å². The second-order valence-corrected chi connectivity index (χ2v) is 5.55. The summed E-state index contributed by atoms with van der Waals surface area (Å²) < 4.78 is 25.1. The molecule has 0 saturated heterocycles. The highest BCUT2D eigenvalue weighted by Crippen LogP contribution is 2.29. The van der Waals surface area contributed by atoms with Crippen LogP contribution in [0.2, 0.25) is 0 Å². The summed E-state index contributed by atoms with van der Waals surface area (Å²) in [7, 11) is 3.19. The molecule has 0 aliphatic rings. The highest BCUT2D eigenvalue weighted by Gasteiger charge is 2.12. The van der Waals surface area contributed by atoms with Crippen LogP contribution in [0, 0.1) is 5.82 Å². The van der Waals surface area contributed by atoms with Crippen LogP contribution in [0.3, 0.4) is 0 Å². The van der Waals surface area contributed by atoms with Crippen LogP contribution < -0.4 is 14.8 Å². The van der Waals surface area contributed by atoms with Crippen molar-refractivity contribution in [2.45, 2.75) is 13.0 Å². The number of nitrogens with one attached hydrogen (secondary N) is 1. The van der Waals surface area contributed by atoms with Gasteiger partial charge >= 0.3 is 0 Å². The monoisotopic (exact) mass is 353 g/mol. The summed E-state index contributed by atoms with van der Waals surface area (Å²) in [6.45, 7) is 1.90. The summed E-state index contributed by atoms with van der Waals surface area (Å²) >= 11 is 3.26. The van der Waals surface area contributed by atoms with Crippen molar-refractivity contribution in [3.05, 3.63) is 52.3 Å². The molecular formula is C16H17BrFNO2. The molecule has 3 nitrogen and oxygen atoms in total. The minimum absolute atomic E-state index is 0.185. The molecule has 0 aliphatic heterocycles. The molecule has 5 heteroatoms. The van der Waals surface area contributed by atoms with E-state index in [0.717, 1.165) is 10.2 Å². The molecule has 21 heavy (non-hydrogen) atoms. The molecule has 2 rings (SSSR count). The van der Waals surface area contributed by atoms with E-state index in [4.69, 9.17) is 9.47 Å². The van der Waals surface area contributed by atoms with Gasteiger partial charge in [0.1, 0.15) is 17.3 Å². The van der Waals surface area contributed by atoms with Gasteiger partial charge in [0, 0.05) is 33.9 Å². The maximum Gasteiger partial charge on any atom is 0.129 e. The maximum atomic E-state index is 14.0. The zero-order chi connectivity index (χ0) is 15.4. The molecule has 1 unspecified atom stereocenters. The standard InChI is InChI=1S/C16H17BrFNO2/c1-10(15-5-4-11(17)6-16(15)18)19-12-7-13(20-2)9-14(8-12)21-3/h4-10,19H,1-3H3. The molecule has 0 aromatic heterocycles. The lowest BCUT2D eigenvalue weighted by molar-refractivity contribution is 0.394. The molecule has 0 saturated carbocycles. The average Bonchev–Trinajstić information content (AvgIpc) is 2.46. The molecule has 1 atom stereocenters. The first-order valence-electron chi connectivity index (χ1n) is 6.48. The van der Waals surface area contributed by atoms with Gasteiger partial charge in [0.05, 0.1) is 20.3 Å². The van der Waals surface area contributed by atoms with Crippen molar-refractivity contribution in [3.8, 4) is 11.5 Å². The first-order valence-corrected chi connectivity index (χ1v) is 7.27. The Labute approximate surface area is 132 Å². The molecule has 112 valence electrons. The maximum absolute atomic E-state index is 14.0. The number of hydrogen-bond acceptors (Lipinski definition) is 3. The average molecular weight is 354 g/mol. The lowest BCUT2D eigenvalue weighted by Gasteiger charge is -2.18. The largest absolute Gasteiger partial charge is 0.497 e. The van der Waals surface area contributed by atoms with Crippen molar-refractivity contribution < 1.29 is 13.9 Å². The van der Waals surface area contributed by atoms with Crippen LogP contribution in [-0.2, 0) is 0 Å². The fourth-order valence-corrected chi connectivity index (χ4v) is 2.40. The zero-order valence-corrected chi connectivity index (χ0v) is 13.7. The van der Waals surface area contributed by atoms with E-state index in [2.05, 4.69) is 21.2 Å². The number of anilines is 1. The summed E-state index contributed by atoms with van der Waals surface area (Å²) in [5.41, 5.74) is 1.40. The molecule has 2 aromatic rings. The Kier molecular flexibility index (Phi) is 5.07. The SMILES string of the molecule is COc1cc(NC(C)c2ccc(Br)cc2F)cc(OC)c1. The van der Waals surface area contributed by atoms with Gasteiger partial charge in [-0.3, -0.25) is 0 Å². The molecule has 0 radical (unpaired) electrons. The van der Waals surface area contributed by atoms with Gasteiger partial charge in [0.2, 0.25) is 0 Å². The van der Waals surface area contributed by atoms with Crippen molar-refractivity contribution in [2.24, 2.45) is 0 Å². The van der Waals surface area contributed by atoms with E-state index in [-0.39, 0.29) is 11.9 Å². The smallest absolute Gasteiger partial charge is 0.129 e. The Balaban J connectivity index is 2.24. The predicted octanol–water partition coefficient (Wildman–Crippen LogP) is 4.78. The second-order valence-electron chi connectivity index (χ2n) is 4.63. The van der Waals surface area contributed by atoms with Gasteiger partial charge in [-0.2, -0.15) is 0 Å². The van der Waals surface area contributed by atoms with Crippen LogP contribution >= 0.6 is 15.9 Å². The van der Waals surface area contributed by atoms with Gasteiger partial charge in [-0.15, -0.1) is 0 Å². The molecule has 0 bridgehead atoms. The van der Waals surface area contributed by atoms with Crippen molar-refractivity contribution >= 4 is 21.6 Å². The Morgan fingerprint density at radius 1 is 1.05 bits per heavy atom. The first-order chi connectivity index (χ1) is 10.0. The Morgan fingerprint density at radius 2 is 1.67 bits per heavy atom. The van der Waals surface area contributed by atoms with Crippen LogP contribution in [-0.4, -0.2) is 14.2 Å². The molecule has 2 aromatic carbocycles. The molecule has 0 spiro atoms. The van der Waals surface area contributed by atoms with E-state index >= 15 is 0 Å². The van der Waals surface area contributed by atoms with Crippen LogP contribution in [0.25, 0.3) is 0 Å². The van der Waals surface area contributed by atoms with Crippen LogP contribution in [0.15, 0.2) is 40.9 Å². The molecule has 1 N–H and O–H groups in total. The second kappa shape index (κ2) is 6.80. The third-order valence-electron chi connectivity index (χ3n) is 3.16. The lowest BCUT2D eigenvalue weighted by Crippen LogP contribution is -2.08. The molecule has 0 fully saturated rings. The van der Waals surface area contributed by atoms with Crippen molar-refractivity contribution in [1.82, 2.24) is 0 Å². The number of methoxy groups -OCH3 is 2. The van der Waals surface area contributed by atoms with E-state index in [1.54, 1.807) is 26.4 Å². The van der Waals surface area contributed by atoms with Gasteiger partial charge in [0.25, 0.3) is 0 Å². The number of ether oxygens (including phenoxy) is 2. The third kappa shape index (κ3) is 3.88. The van der Waals surface area contributed by atoms with Gasteiger partial charge in [-0.1, -0.05) is 22.0 Å². The minimum atomic E-state index is -0.251. The normalized spacial score (nSPS) is 11.9. The summed E-state index contributed by atoms with van der Waals surface area (Å²) in [5.74, 6) is 1.11. The van der Waals surface area contributed by atoms with Gasteiger partial charge < -0.3 is 14.8 Å². The number of benzene rings is 2.